The molecule has 3 N–H and O–H groups in total. The van der Waals surface area contributed by atoms with Crippen LogP contribution in [0.3, 0.4) is 0 Å². The standard InChI is InChI=1S/C21H27N3O4/c1-5-22-21(26)23-20(25)18(15-10-7-6-8-11-15)24(2)14-16-12-9-13-17(27-3)19(16)28-4/h6-13,18H,5,14H2,1-4H3,(H2,22,23,25,26)/p+1/t18-/m0/s1. The molecule has 2 rings (SSSR count). The number of urea groups is 1. The lowest BCUT2D eigenvalue weighted by atomic mass is 10.0. The molecule has 150 valence electrons. The van der Waals surface area contributed by atoms with E-state index in [1.54, 1.807) is 21.1 Å². The van der Waals surface area contributed by atoms with Gasteiger partial charge in [0, 0.05) is 12.1 Å². The van der Waals surface area contributed by atoms with E-state index in [0.29, 0.717) is 24.6 Å². The van der Waals surface area contributed by atoms with Gasteiger partial charge >= 0.3 is 6.03 Å². The Morgan fingerprint density at radius 3 is 2.36 bits per heavy atom. The molecule has 2 aromatic rings. The molecule has 0 aliphatic rings. The molecular formula is C21H28N3O4+. The van der Waals surface area contributed by atoms with Crippen LogP contribution in [0.2, 0.25) is 0 Å². The first-order valence-electron chi connectivity index (χ1n) is 9.17. The molecule has 0 saturated heterocycles. The third-order valence-corrected chi connectivity index (χ3v) is 4.42. The van der Waals surface area contributed by atoms with E-state index in [0.717, 1.165) is 16.0 Å². The Kier molecular flexibility index (Phi) is 7.83. The lowest BCUT2D eigenvalue weighted by Gasteiger charge is -2.25. The van der Waals surface area contributed by atoms with E-state index in [9.17, 15) is 9.59 Å². The largest absolute Gasteiger partial charge is 0.493 e. The molecule has 3 amide bonds. The topological polar surface area (TPSA) is 81.1 Å². The first-order valence-corrected chi connectivity index (χ1v) is 9.17. The predicted octanol–water partition coefficient (Wildman–Crippen LogP) is 1.31. The van der Waals surface area contributed by atoms with Gasteiger partial charge in [0.05, 0.1) is 26.8 Å². The third-order valence-electron chi connectivity index (χ3n) is 4.42. The SMILES string of the molecule is CCNC(=O)NC(=O)[C@H](c1ccccc1)[NH+](C)Cc1cccc(OC)c1OC. The second-order valence-electron chi connectivity index (χ2n) is 6.37. The molecule has 0 bridgehead atoms. The number of rotatable bonds is 8. The van der Waals surface area contributed by atoms with Gasteiger partial charge in [0.15, 0.2) is 17.5 Å². The number of nitrogens with one attached hydrogen (secondary N) is 3. The van der Waals surface area contributed by atoms with Crippen LogP contribution in [0, 0.1) is 0 Å². The van der Waals surface area contributed by atoms with Crippen LogP contribution in [-0.4, -0.2) is 39.8 Å². The second-order valence-corrected chi connectivity index (χ2v) is 6.37. The highest BCUT2D eigenvalue weighted by molar-refractivity contribution is 5.96. The van der Waals surface area contributed by atoms with E-state index in [1.165, 1.54) is 0 Å². The van der Waals surface area contributed by atoms with Gasteiger partial charge in [-0.1, -0.05) is 36.4 Å². The van der Waals surface area contributed by atoms with Crippen molar-refractivity contribution in [2.75, 3.05) is 27.8 Å². The summed E-state index contributed by atoms with van der Waals surface area (Å²) in [5.74, 6) is 0.910. The molecule has 0 aromatic heterocycles. The maximum absolute atomic E-state index is 12.9. The number of benzene rings is 2. The van der Waals surface area contributed by atoms with Gasteiger partial charge in [-0.3, -0.25) is 10.1 Å². The fraction of sp³-hybridized carbons (Fsp3) is 0.333. The van der Waals surface area contributed by atoms with E-state index in [-0.39, 0.29) is 5.91 Å². The number of likely N-dealkylation sites (N-methyl/N-ethyl adjacent to an activating group) is 1. The van der Waals surface area contributed by atoms with Crippen LogP contribution in [0.15, 0.2) is 48.5 Å². The molecular weight excluding hydrogens is 358 g/mol. The Bertz CT molecular complexity index is 795. The Morgan fingerprint density at radius 1 is 1.04 bits per heavy atom. The number of ether oxygens (including phenoxy) is 2. The number of quaternary nitrogens is 1. The zero-order valence-electron chi connectivity index (χ0n) is 16.7. The molecule has 2 aromatic carbocycles. The summed E-state index contributed by atoms with van der Waals surface area (Å²) >= 11 is 0. The van der Waals surface area contributed by atoms with Gasteiger partial charge < -0.3 is 19.7 Å². The minimum Gasteiger partial charge on any atom is -0.493 e. The van der Waals surface area contributed by atoms with Crippen molar-refractivity contribution >= 4 is 11.9 Å². The van der Waals surface area contributed by atoms with Crippen molar-refractivity contribution in [3.8, 4) is 11.5 Å². The lowest BCUT2D eigenvalue weighted by molar-refractivity contribution is -0.916. The van der Waals surface area contributed by atoms with Gasteiger partial charge in [-0.15, -0.1) is 0 Å². The Balaban J connectivity index is 2.31. The first-order chi connectivity index (χ1) is 13.5. The molecule has 1 unspecified atom stereocenters. The first kappa shape index (κ1) is 21.2. The van der Waals surface area contributed by atoms with Crippen molar-refractivity contribution in [1.82, 2.24) is 10.6 Å². The molecule has 2 atom stereocenters. The van der Waals surface area contributed by atoms with Crippen LogP contribution in [-0.2, 0) is 11.3 Å². The number of para-hydroxylation sites is 1. The molecule has 0 radical (unpaired) electrons. The van der Waals surface area contributed by atoms with Crippen molar-refractivity contribution < 1.29 is 24.0 Å². The Labute approximate surface area is 165 Å². The summed E-state index contributed by atoms with van der Waals surface area (Å²) in [5.41, 5.74) is 1.73. The Morgan fingerprint density at radius 2 is 1.75 bits per heavy atom. The zero-order chi connectivity index (χ0) is 20.5. The quantitative estimate of drug-likeness (QED) is 0.639. The van der Waals surface area contributed by atoms with Crippen molar-refractivity contribution in [3.63, 3.8) is 0 Å². The van der Waals surface area contributed by atoms with Gasteiger partial charge in [0.1, 0.15) is 6.54 Å². The minimum atomic E-state index is -0.570. The fourth-order valence-corrected chi connectivity index (χ4v) is 3.19. The van der Waals surface area contributed by atoms with E-state index >= 15 is 0 Å². The van der Waals surface area contributed by atoms with Crippen LogP contribution in [0.25, 0.3) is 0 Å². The zero-order valence-corrected chi connectivity index (χ0v) is 16.7. The molecule has 0 fully saturated rings. The average Bonchev–Trinajstić information content (AvgIpc) is 2.68. The molecule has 0 spiro atoms. The van der Waals surface area contributed by atoms with E-state index < -0.39 is 12.1 Å². The summed E-state index contributed by atoms with van der Waals surface area (Å²) in [4.78, 5) is 25.6. The summed E-state index contributed by atoms with van der Waals surface area (Å²) < 4.78 is 10.9. The molecule has 0 heterocycles. The summed E-state index contributed by atoms with van der Waals surface area (Å²) in [7, 11) is 5.09. The highest BCUT2D eigenvalue weighted by Crippen LogP contribution is 2.30. The highest BCUT2D eigenvalue weighted by Gasteiger charge is 2.31. The maximum atomic E-state index is 12.9. The summed E-state index contributed by atoms with van der Waals surface area (Å²) in [6, 6.07) is 14.0. The molecule has 0 aliphatic heterocycles. The number of carbonyl (C=O) groups is 2. The normalized spacial score (nSPS) is 12.6. The van der Waals surface area contributed by atoms with E-state index in [2.05, 4.69) is 10.6 Å². The number of methoxy groups -OCH3 is 2. The average molecular weight is 386 g/mol. The highest BCUT2D eigenvalue weighted by atomic mass is 16.5. The van der Waals surface area contributed by atoms with Crippen molar-refractivity contribution in [2.24, 2.45) is 0 Å². The van der Waals surface area contributed by atoms with Gasteiger partial charge in [0.25, 0.3) is 5.91 Å². The maximum Gasteiger partial charge on any atom is 0.321 e. The van der Waals surface area contributed by atoms with Crippen LogP contribution >= 0.6 is 0 Å². The van der Waals surface area contributed by atoms with Crippen molar-refractivity contribution in [1.29, 1.82) is 0 Å². The number of hydrogen-bond acceptors (Lipinski definition) is 4. The van der Waals surface area contributed by atoms with Gasteiger partial charge in [0.2, 0.25) is 0 Å². The fourth-order valence-electron chi connectivity index (χ4n) is 3.19. The second kappa shape index (κ2) is 10.3. The smallest absolute Gasteiger partial charge is 0.321 e. The van der Waals surface area contributed by atoms with E-state index in [4.69, 9.17) is 9.47 Å². The Hall–Kier alpha value is -3.06. The van der Waals surface area contributed by atoms with Crippen LogP contribution in [0.1, 0.15) is 24.1 Å². The molecule has 0 aliphatic carbocycles. The molecule has 28 heavy (non-hydrogen) atoms. The van der Waals surface area contributed by atoms with Crippen LogP contribution < -0.4 is 25.0 Å². The number of hydrogen-bond donors (Lipinski definition) is 3. The van der Waals surface area contributed by atoms with Crippen molar-refractivity contribution in [3.05, 3.63) is 59.7 Å². The van der Waals surface area contributed by atoms with Crippen LogP contribution in [0.4, 0.5) is 4.79 Å². The monoisotopic (exact) mass is 386 g/mol. The van der Waals surface area contributed by atoms with Crippen molar-refractivity contribution in [2.45, 2.75) is 19.5 Å². The lowest BCUT2D eigenvalue weighted by Crippen LogP contribution is -3.09. The van der Waals surface area contributed by atoms with Gasteiger partial charge in [-0.2, -0.15) is 0 Å². The summed E-state index contributed by atoms with van der Waals surface area (Å²) in [6.07, 6.45) is 0. The van der Waals surface area contributed by atoms with E-state index in [1.807, 2.05) is 55.6 Å². The summed E-state index contributed by atoms with van der Waals surface area (Å²) in [6.45, 7) is 2.74. The number of imide groups is 1. The number of amides is 3. The van der Waals surface area contributed by atoms with Gasteiger partial charge in [-0.05, 0) is 19.1 Å². The molecule has 7 nitrogen and oxygen atoms in total. The molecule has 0 saturated carbocycles. The number of carbonyl (C=O) groups excluding carboxylic acids is 2. The predicted molar refractivity (Wildman–Crippen MR) is 107 cm³/mol. The molecule has 7 heteroatoms. The minimum absolute atomic E-state index is 0.364. The third kappa shape index (κ3) is 5.23. The van der Waals surface area contributed by atoms with Crippen LogP contribution in [0.5, 0.6) is 11.5 Å². The summed E-state index contributed by atoms with van der Waals surface area (Å²) in [5, 5.41) is 5.02. The van der Waals surface area contributed by atoms with Gasteiger partial charge in [-0.25, -0.2) is 4.79 Å².